The van der Waals surface area contributed by atoms with Crippen LogP contribution in [0.5, 0.6) is 11.6 Å². The van der Waals surface area contributed by atoms with Crippen LogP contribution in [0.4, 0.5) is 0 Å². The minimum atomic E-state index is -0.0280. The number of carbonyl (C=O) groups excluding carboxylic acids is 1. The Bertz CT molecular complexity index is 564. The zero-order valence-corrected chi connectivity index (χ0v) is 10.7. The highest BCUT2D eigenvalue weighted by molar-refractivity contribution is 5.93. The van der Waals surface area contributed by atoms with Crippen molar-refractivity contribution in [1.29, 1.82) is 0 Å². The molecule has 0 aliphatic heterocycles. The van der Waals surface area contributed by atoms with Crippen LogP contribution >= 0.6 is 0 Å². The average Bonchev–Trinajstić information content (AvgIpc) is 2.42. The normalized spacial score (nSPS) is 10.2. The van der Waals surface area contributed by atoms with Crippen molar-refractivity contribution in [2.45, 2.75) is 13.3 Å². The number of hydrogen-bond donors (Lipinski definition) is 1. The highest BCUT2D eigenvalue weighted by Gasteiger charge is 2.06. The number of rotatable bonds is 5. The molecule has 1 N–H and O–H groups in total. The summed E-state index contributed by atoms with van der Waals surface area (Å²) in [6.45, 7) is 1.56. The molecule has 1 aromatic heterocycles. The van der Waals surface area contributed by atoms with E-state index in [-0.39, 0.29) is 12.4 Å². The SMILES string of the molecule is CC(=O)c1ccc(Oc2ccccc2CCO)nc1. The first-order valence-electron chi connectivity index (χ1n) is 6.04. The molecule has 4 heteroatoms. The second-order valence-corrected chi connectivity index (χ2v) is 4.12. The van der Waals surface area contributed by atoms with Gasteiger partial charge in [0.1, 0.15) is 5.75 Å². The number of Topliss-reactive ketones (excluding diaryl/α,β-unsaturated/α-hetero) is 1. The molecule has 0 aliphatic carbocycles. The Kier molecular flexibility index (Phi) is 4.26. The molecule has 2 rings (SSSR count). The van der Waals surface area contributed by atoms with Crippen LogP contribution < -0.4 is 4.74 Å². The van der Waals surface area contributed by atoms with Gasteiger partial charge in [-0.3, -0.25) is 4.79 Å². The molecule has 0 amide bonds. The van der Waals surface area contributed by atoms with E-state index in [4.69, 9.17) is 9.84 Å². The summed E-state index contributed by atoms with van der Waals surface area (Å²) in [5.74, 6) is 1.06. The molecule has 0 aliphatic rings. The molecule has 2 aromatic rings. The van der Waals surface area contributed by atoms with Crippen LogP contribution in [0.2, 0.25) is 0 Å². The van der Waals surface area contributed by atoms with Crippen molar-refractivity contribution in [3.05, 3.63) is 53.7 Å². The highest BCUT2D eigenvalue weighted by atomic mass is 16.5. The molecule has 0 bridgehead atoms. The lowest BCUT2D eigenvalue weighted by Gasteiger charge is -2.09. The smallest absolute Gasteiger partial charge is 0.219 e. The number of aliphatic hydroxyl groups is 1. The van der Waals surface area contributed by atoms with Gasteiger partial charge < -0.3 is 9.84 Å². The summed E-state index contributed by atoms with van der Waals surface area (Å²) in [6, 6.07) is 10.8. The Morgan fingerprint density at radius 3 is 2.68 bits per heavy atom. The van der Waals surface area contributed by atoms with E-state index in [1.807, 2.05) is 24.3 Å². The molecule has 1 heterocycles. The fourth-order valence-electron chi connectivity index (χ4n) is 1.69. The van der Waals surface area contributed by atoms with E-state index >= 15 is 0 Å². The van der Waals surface area contributed by atoms with Crippen molar-refractivity contribution in [2.75, 3.05) is 6.61 Å². The molecule has 0 atom stereocenters. The summed E-state index contributed by atoms with van der Waals surface area (Å²) in [4.78, 5) is 15.2. The van der Waals surface area contributed by atoms with Crippen LogP contribution in [0.15, 0.2) is 42.6 Å². The van der Waals surface area contributed by atoms with E-state index < -0.39 is 0 Å². The molecule has 0 saturated heterocycles. The number of hydrogen-bond acceptors (Lipinski definition) is 4. The van der Waals surface area contributed by atoms with Crippen LogP contribution in [0.25, 0.3) is 0 Å². The molecule has 0 spiro atoms. The molecule has 0 radical (unpaired) electrons. The fourth-order valence-corrected chi connectivity index (χ4v) is 1.69. The number of ketones is 1. The van der Waals surface area contributed by atoms with E-state index in [9.17, 15) is 4.79 Å². The van der Waals surface area contributed by atoms with Gasteiger partial charge in [0.25, 0.3) is 0 Å². The average molecular weight is 257 g/mol. The van der Waals surface area contributed by atoms with Gasteiger partial charge in [-0.25, -0.2) is 4.98 Å². The van der Waals surface area contributed by atoms with E-state index in [0.717, 1.165) is 5.56 Å². The predicted molar refractivity (Wildman–Crippen MR) is 71.5 cm³/mol. The van der Waals surface area contributed by atoms with E-state index in [1.54, 1.807) is 12.1 Å². The first-order chi connectivity index (χ1) is 9.20. The Morgan fingerprint density at radius 2 is 2.05 bits per heavy atom. The molecule has 0 saturated carbocycles. The number of benzene rings is 1. The van der Waals surface area contributed by atoms with Crippen LogP contribution in [-0.2, 0) is 6.42 Å². The summed E-state index contributed by atoms with van der Waals surface area (Å²) >= 11 is 0. The van der Waals surface area contributed by atoms with Crippen molar-refractivity contribution in [1.82, 2.24) is 4.98 Å². The van der Waals surface area contributed by atoms with Gasteiger partial charge in [0.15, 0.2) is 5.78 Å². The Balaban J connectivity index is 2.19. The largest absolute Gasteiger partial charge is 0.439 e. The molecule has 0 fully saturated rings. The maximum absolute atomic E-state index is 11.1. The first-order valence-corrected chi connectivity index (χ1v) is 6.04. The van der Waals surface area contributed by atoms with Gasteiger partial charge in [0.05, 0.1) is 0 Å². The van der Waals surface area contributed by atoms with E-state index in [1.165, 1.54) is 13.1 Å². The topological polar surface area (TPSA) is 59.4 Å². The summed E-state index contributed by atoms with van der Waals surface area (Å²) < 4.78 is 5.66. The molecule has 1 aromatic carbocycles. The first kappa shape index (κ1) is 13.2. The highest BCUT2D eigenvalue weighted by Crippen LogP contribution is 2.24. The summed E-state index contributed by atoms with van der Waals surface area (Å²) in [7, 11) is 0. The molecule has 4 nitrogen and oxygen atoms in total. The maximum Gasteiger partial charge on any atom is 0.219 e. The second kappa shape index (κ2) is 6.11. The van der Waals surface area contributed by atoms with Crippen LogP contribution in [0, 0.1) is 0 Å². The van der Waals surface area contributed by atoms with Crippen molar-refractivity contribution >= 4 is 5.78 Å². The Labute approximate surface area is 111 Å². The van der Waals surface area contributed by atoms with Gasteiger partial charge >= 0.3 is 0 Å². The van der Waals surface area contributed by atoms with Crippen LogP contribution in [-0.4, -0.2) is 22.5 Å². The number of nitrogens with zero attached hydrogens (tertiary/aromatic N) is 1. The van der Waals surface area contributed by atoms with Crippen LogP contribution in [0.3, 0.4) is 0 Å². The number of pyridine rings is 1. The lowest BCUT2D eigenvalue weighted by atomic mass is 10.1. The predicted octanol–water partition coefficient (Wildman–Crippen LogP) is 2.61. The van der Waals surface area contributed by atoms with Gasteiger partial charge in [-0.05, 0) is 31.0 Å². The number of carbonyl (C=O) groups is 1. The molecular formula is C15H15NO3. The molecular weight excluding hydrogens is 242 g/mol. The van der Waals surface area contributed by atoms with Crippen molar-refractivity contribution in [3.63, 3.8) is 0 Å². The van der Waals surface area contributed by atoms with Gasteiger partial charge in [-0.1, -0.05) is 18.2 Å². The minimum absolute atomic E-state index is 0.0280. The van der Waals surface area contributed by atoms with Crippen LogP contribution in [0.1, 0.15) is 22.8 Å². The summed E-state index contributed by atoms with van der Waals surface area (Å²) in [5, 5.41) is 9.00. The van der Waals surface area contributed by atoms with Gasteiger partial charge in [0.2, 0.25) is 5.88 Å². The van der Waals surface area contributed by atoms with Gasteiger partial charge in [-0.2, -0.15) is 0 Å². The zero-order chi connectivity index (χ0) is 13.7. The van der Waals surface area contributed by atoms with Gasteiger partial charge in [0, 0.05) is 24.4 Å². The van der Waals surface area contributed by atoms with Crippen molar-refractivity contribution in [3.8, 4) is 11.6 Å². The quantitative estimate of drug-likeness (QED) is 0.836. The summed E-state index contributed by atoms with van der Waals surface area (Å²) in [5.41, 5.74) is 1.47. The van der Waals surface area contributed by atoms with E-state index in [0.29, 0.717) is 23.6 Å². The Morgan fingerprint density at radius 1 is 1.26 bits per heavy atom. The molecule has 19 heavy (non-hydrogen) atoms. The standard InChI is InChI=1S/C15H15NO3/c1-11(18)13-6-7-15(16-10-13)19-14-5-3-2-4-12(14)8-9-17/h2-7,10,17H,8-9H2,1H3. The number of aromatic nitrogens is 1. The third-order valence-electron chi connectivity index (χ3n) is 2.71. The minimum Gasteiger partial charge on any atom is -0.439 e. The number of para-hydroxylation sites is 1. The number of aliphatic hydroxyl groups excluding tert-OH is 1. The van der Waals surface area contributed by atoms with Crippen molar-refractivity contribution in [2.24, 2.45) is 0 Å². The molecule has 0 unspecified atom stereocenters. The Hall–Kier alpha value is -2.20. The molecule has 98 valence electrons. The zero-order valence-electron chi connectivity index (χ0n) is 10.7. The lowest BCUT2D eigenvalue weighted by Crippen LogP contribution is -1.97. The summed E-state index contributed by atoms with van der Waals surface area (Å²) in [6.07, 6.45) is 2.02. The number of ether oxygens (including phenoxy) is 1. The van der Waals surface area contributed by atoms with Crippen molar-refractivity contribution < 1.29 is 14.6 Å². The fraction of sp³-hybridized carbons (Fsp3) is 0.200. The van der Waals surface area contributed by atoms with E-state index in [2.05, 4.69) is 4.98 Å². The monoisotopic (exact) mass is 257 g/mol. The third-order valence-corrected chi connectivity index (χ3v) is 2.71. The third kappa shape index (κ3) is 3.39. The maximum atomic E-state index is 11.1. The lowest BCUT2D eigenvalue weighted by molar-refractivity contribution is 0.101. The van der Waals surface area contributed by atoms with Gasteiger partial charge in [-0.15, -0.1) is 0 Å². The second-order valence-electron chi connectivity index (χ2n) is 4.12.